The van der Waals surface area contributed by atoms with E-state index in [0.717, 1.165) is 61.7 Å². The highest BCUT2D eigenvalue weighted by atomic mass is 16.3. The number of hydrogen-bond donors (Lipinski definition) is 4. The molecule has 0 radical (unpaired) electrons. The van der Waals surface area contributed by atoms with Crippen molar-refractivity contribution in [2.24, 2.45) is 23.7 Å². The van der Waals surface area contributed by atoms with Crippen molar-refractivity contribution in [3.8, 4) is 12.3 Å². The number of likely N-dealkylation sites (N-methyl/N-ethyl adjacent to an activating group) is 1. The van der Waals surface area contributed by atoms with Crippen molar-refractivity contribution in [3.63, 3.8) is 0 Å². The highest BCUT2D eigenvalue weighted by Gasteiger charge is 2.35. The lowest BCUT2D eigenvalue weighted by molar-refractivity contribution is -0.137. The first-order chi connectivity index (χ1) is 25.9. The Labute approximate surface area is 326 Å². The fraction of sp³-hybridized carbons (Fsp3) is 0.711. The molecule has 9 heteroatoms. The maximum Gasteiger partial charge on any atom is 0.243 e. The van der Waals surface area contributed by atoms with E-state index in [9.17, 15) is 24.6 Å². The largest absolute Gasteiger partial charge is 0.390 e. The molecule has 1 saturated heterocycles. The minimum Gasteiger partial charge on any atom is -0.390 e. The third-order valence-corrected chi connectivity index (χ3v) is 12.6. The molecule has 2 saturated carbocycles. The van der Waals surface area contributed by atoms with Gasteiger partial charge in [-0.25, -0.2) is 0 Å². The molecule has 54 heavy (non-hydrogen) atoms. The SMILES string of the molecule is C#CC[C@H](NC(=O)[C@@H](CC(=O)N(C)CCN1CCCC2CCCCC2CC1C)Cc1ccccc1)C(=O)N[C@@H](CC1CCCCC1)C(O)[C@@H](O)CC(=C)C. The van der Waals surface area contributed by atoms with Crippen LogP contribution in [0.2, 0.25) is 0 Å². The number of terminal acetylenes is 1. The summed E-state index contributed by atoms with van der Waals surface area (Å²) in [6.07, 6.45) is 19.0. The molecule has 0 spiro atoms. The van der Waals surface area contributed by atoms with E-state index in [2.05, 4.69) is 35.0 Å². The average Bonchev–Trinajstić information content (AvgIpc) is 3.15. The fourth-order valence-electron chi connectivity index (χ4n) is 9.31. The molecule has 9 nitrogen and oxygen atoms in total. The number of aliphatic hydroxyl groups excluding tert-OH is 2. The summed E-state index contributed by atoms with van der Waals surface area (Å²) in [4.78, 5) is 46.0. The van der Waals surface area contributed by atoms with Gasteiger partial charge >= 0.3 is 0 Å². The maximum absolute atomic E-state index is 14.1. The zero-order valence-electron chi connectivity index (χ0n) is 33.5. The van der Waals surface area contributed by atoms with Crippen molar-refractivity contribution in [2.45, 2.75) is 153 Å². The van der Waals surface area contributed by atoms with Crippen LogP contribution >= 0.6 is 0 Å². The zero-order chi connectivity index (χ0) is 39.0. The predicted molar refractivity (Wildman–Crippen MR) is 216 cm³/mol. The van der Waals surface area contributed by atoms with Crippen molar-refractivity contribution >= 4 is 17.7 Å². The molecule has 1 aromatic rings. The zero-order valence-corrected chi connectivity index (χ0v) is 33.5. The smallest absolute Gasteiger partial charge is 0.243 e. The van der Waals surface area contributed by atoms with Crippen LogP contribution in [0.5, 0.6) is 0 Å². The number of amides is 3. The van der Waals surface area contributed by atoms with Crippen LogP contribution in [0.4, 0.5) is 0 Å². The van der Waals surface area contributed by atoms with Gasteiger partial charge in [0, 0.05) is 39.0 Å². The van der Waals surface area contributed by atoms with E-state index in [1.807, 2.05) is 37.4 Å². The van der Waals surface area contributed by atoms with Crippen LogP contribution in [0.15, 0.2) is 42.5 Å². The molecule has 0 bridgehead atoms. The van der Waals surface area contributed by atoms with Gasteiger partial charge in [-0.15, -0.1) is 18.9 Å². The van der Waals surface area contributed by atoms with Gasteiger partial charge in [-0.3, -0.25) is 19.3 Å². The summed E-state index contributed by atoms with van der Waals surface area (Å²) >= 11 is 0. The average molecular weight is 747 g/mol. The molecule has 1 heterocycles. The van der Waals surface area contributed by atoms with Crippen LogP contribution in [0, 0.1) is 36.0 Å². The first-order valence-electron chi connectivity index (χ1n) is 21.0. The van der Waals surface area contributed by atoms with Gasteiger partial charge in [0.15, 0.2) is 0 Å². The summed E-state index contributed by atoms with van der Waals surface area (Å²) in [5.41, 5.74) is 1.65. The Morgan fingerprint density at radius 2 is 1.61 bits per heavy atom. The van der Waals surface area contributed by atoms with Crippen LogP contribution in [0.25, 0.3) is 0 Å². The van der Waals surface area contributed by atoms with Gasteiger partial charge in [0.1, 0.15) is 12.1 Å². The lowest BCUT2D eigenvalue weighted by Gasteiger charge is -2.40. The molecule has 0 aromatic heterocycles. The molecule has 3 amide bonds. The molecule has 1 aliphatic heterocycles. The maximum atomic E-state index is 14.1. The van der Waals surface area contributed by atoms with Gasteiger partial charge in [-0.2, -0.15) is 0 Å². The first kappa shape index (κ1) is 43.5. The van der Waals surface area contributed by atoms with Gasteiger partial charge in [0.05, 0.1) is 18.1 Å². The van der Waals surface area contributed by atoms with Crippen LogP contribution in [0.3, 0.4) is 0 Å². The number of carbonyl (C=O) groups is 3. The minimum atomic E-state index is -1.21. The van der Waals surface area contributed by atoms with E-state index in [4.69, 9.17) is 6.42 Å². The monoisotopic (exact) mass is 747 g/mol. The predicted octanol–water partition coefficient (Wildman–Crippen LogP) is 6.03. The molecule has 2 aliphatic carbocycles. The quantitative estimate of drug-likeness (QED) is 0.108. The van der Waals surface area contributed by atoms with Crippen molar-refractivity contribution in [3.05, 3.63) is 48.0 Å². The minimum absolute atomic E-state index is 0.00293. The number of aliphatic hydroxyl groups is 2. The highest BCUT2D eigenvalue weighted by molar-refractivity contribution is 5.91. The molecule has 4 unspecified atom stereocenters. The fourth-order valence-corrected chi connectivity index (χ4v) is 9.31. The van der Waals surface area contributed by atoms with Gasteiger partial charge in [0.25, 0.3) is 0 Å². The number of likely N-dealkylation sites (tertiary alicyclic amines) is 1. The molecule has 300 valence electrons. The Kier molecular flexibility index (Phi) is 18.0. The molecule has 8 atom stereocenters. The van der Waals surface area contributed by atoms with Crippen molar-refractivity contribution in [2.75, 3.05) is 26.7 Å². The normalized spacial score (nSPS) is 23.9. The Hall–Kier alpha value is -3.19. The van der Waals surface area contributed by atoms with Crippen molar-refractivity contribution in [1.82, 2.24) is 20.4 Å². The van der Waals surface area contributed by atoms with Crippen molar-refractivity contribution < 1.29 is 24.6 Å². The van der Waals surface area contributed by atoms with Crippen LogP contribution in [-0.4, -0.2) is 94.7 Å². The summed E-state index contributed by atoms with van der Waals surface area (Å²) in [5.74, 6) is 2.78. The summed E-state index contributed by atoms with van der Waals surface area (Å²) < 4.78 is 0. The van der Waals surface area contributed by atoms with Gasteiger partial charge in [-0.05, 0) is 82.2 Å². The second-order valence-corrected chi connectivity index (χ2v) is 17.0. The number of nitrogens with one attached hydrogen (secondary N) is 2. The second-order valence-electron chi connectivity index (χ2n) is 17.0. The number of rotatable bonds is 18. The molecular formula is C45H70N4O5. The van der Waals surface area contributed by atoms with Gasteiger partial charge in [0.2, 0.25) is 17.7 Å². The summed E-state index contributed by atoms with van der Waals surface area (Å²) in [5, 5.41) is 27.9. The van der Waals surface area contributed by atoms with Crippen LogP contribution in [-0.2, 0) is 20.8 Å². The van der Waals surface area contributed by atoms with Crippen molar-refractivity contribution in [1.29, 1.82) is 0 Å². The number of carbonyl (C=O) groups excluding carboxylic acids is 3. The standard InChI is InChI=1S/C45H70N4O5/c1-6-16-39(45(54)47-40(30-35-19-11-8-12-20-35)43(52)41(50)27-32(2)3)46-44(53)38(29-34-17-9-7-10-18-34)31-42(51)48(5)25-26-49-24-15-23-36-21-13-14-22-37(36)28-33(49)4/h1,7,9-10,17-18,33,35-41,43,50,52H,2,8,11-16,19-31H2,3-5H3,(H,46,53)(H,47,54)/t33?,36?,37?,38-,39+,40+,41+,43?/m1/s1. The first-order valence-corrected chi connectivity index (χ1v) is 21.0. The van der Waals surface area contributed by atoms with E-state index in [1.165, 1.54) is 51.4 Å². The molecule has 3 fully saturated rings. The summed E-state index contributed by atoms with van der Waals surface area (Å²) in [6, 6.07) is 8.30. The number of fused-ring (bicyclic) bond motifs is 1. The lowest BCUT2D eigenvalue weighted by atomic mass is 9.73. The molecule has 4 rings (SSSR count). The Morgan fingerprint density at radius 1 is 0.944 bits per heavy atom. The highest BCUT2D eigenvalue weighted by Crippen LogP contribution is 2.38. The van der Waals surface area contributed by atoms with Gasteiger partial charge in [-0.1, -0.05) is 93.7 Å². The Morgan fingerprint density at radius 3 is 2.30 bits per heavy atom. The molecule has 3 aliphatic rings. The molecule has 1 aromatic carbocycles. The summed E-state index contributed by atoms with van der Waals surface area (Å²) in [7, 11) is 1.82. The van der Waals surface area contributed by atoms with Crippen LogP contribution in [0.1, 0.15) is 122 Å². The topological polar surface area (TPSA) is 122 Å². The summed E-state index contributed by atoms with van der Waals surface area (Å²) in [6.45, 7) is 10.4. The third-order valence-electron chi connectivity index (χ3n) is 12.6. The second kappa shape index (κ2) is 22.4. The van der Waals surface area contributed by atoms with Crippen LogP contribution < -0.4 is 10.6 Å². The van der Waals surface area contributed by atoms with E-state index in [1.54, 1.807) is 11.8 Å². The number of nitrogens with zero attached hydrogens (tertiary/aromatic N) is 2. The third kappa shape index (κ3) is 13.8. The van der Waals surface area contributed by atoms with E-state index in [0.29, 0.717) is 31.3 Å². The van der Waals surface area contributed by atoms with E-state index < -0.39 is 42.0 Å². The molecular weight excluding hydrogens is 677 g/mol. The Balaban J connectivity index is 1.41. The Bertz CT molecular complexity index is 1370. The van der Waals surface area contributed by atoms with E-state index >= 15 is 0 Å². The lowest BCUT2D eigenvalue weighted by Crippen LogP contribution is -2.56. The van der Waals surface area contributed by atoms with E-state index in [-0.39, 0.29) is 25.2 Å². The number of hydrogen-bond acceptors (Lipinski definition) is 6. The number of benzene rings is 1. The molecule has 4 N–H and O–H groups in total. The van der Waals surface area contributed by atoms with Gasteiger partial charge < -0.3 is 25.7 Å².